The highest BCUT2D eigenvalue weighted by Crippen LogP contribution is 2.35. The SMILES string of the molecule is CCCC1(C(=O)N(C)CCN(C)C)CCNCC1. The Kier molecular flexibility index (Phi) is 6.09. The fourth-order valence-electron chi connectivity index (χ4n) is 2.81. The van der Waals surface area contributed by atoms with E-state index in [4.69, 9.17) is 0 Å². The number of piperidine rings is 1. The van der Waals surface area contributed by atoms with Crippen molar-refractivity contribution in [3.63, 3.8) is 0 Å². The standard InChI is InChI=1S/C14H29N3O/c1-5-6-14(7-9-15-10-8-14)13(18)17(4)12-11-16(2)3/h15H,5-12H2,1-4H3. The maximum Gasteiger partial charge on any atom is 0.228 e. The van der Waals surface area contributed by atoms with E-state index in [1.807, 2.05) is 26.0 Å². The van der Waals surface area contributed by atoms with E-state index >= 15 is 0 Å². The highest BCUT2D eigenvalue weighted by molar-refractivity contribution is 5.82. The summed E-state index contributed by atoms with van der Waals surface area (Å²) in [6.07, 6.45) is 4.10. The lowest BCUT2D eigenvalue weighted by Gasteiger charge is -2.39. The van der Waals surface area contributed by atoms with Crippen molar-refractivity contribution in [3.05, 3.63) is 0 Å². The normalized spacial score (nSPS) is 18.9. The van der Waals surface area contributed by atoms with Gasteiger partial charge in [-0.3, -0.25) is 4.79 Å². The molecule has 0 aromatic rings. The van der Waals surface area contributed by atoms with Gasteiger partial charge in [0, 0.05) is 20.1 Å². The van der Waals surface area contributed by atoms with Crippen molar-refractivity contribution in [3.8, 4) is 0 Å². The van der Waals surface area contributed by atoms with Gasteiger partial charge in [0.2, 0.25) is 5.91 Å². The molecule has 1 fully saturated rings. The van der Waals surface area contributed by atoms with Crippen molar-refractivity contribution >= 4 is 5.91 Å². The first-order valence-electron chi connectivity index (χ1n) is 7.13. The molecule has 0 aliphatic carbocycles. The molecule has 1 amide bonds. The molecule has 1 N–H and O–H groups in total. The van der Waals surface area contributed by atoms with E-state index in [0.717, 1.165) is 51.9 Å². The second-order valence-corrected chi connectivity index (χ2v) is 5.81. The van der Waals surface area contributed by atoms with E-state index in [1.165, 1.54) is 0 Å². The molecular formula is C14H29N3O. The minimum Gasteiger partial charge on any atom is -0.344 e. The third kappa shape index (κ3) is 3.95. The van der Waals surface area contributed by atoms with Crippen molar-refractivity contribution in [2.75, 3.05) is 47.3 Å². The van der Waals surface area contributed by atoms with Gasteiger partial charge in [-0.15, -0.1) is 0 Å². The molecule has 1 aliphatic heterocycles. The molecule has 1 saturated heterocycles. The van der Waals surface area contributed by atoms with Crippen molar-refractivity contribution in [2.45, 2.75) is 32.6 Å². The number of carbonyl (C=O) groups excluding carboxylic acids is 1. The van der Waals surface area contributed by atoms with Crippen molar-refractivity contribution in [1.29, 1.82) is 0 Å². The molecule has 0 atom stereocenters. The minimum atomic E-state index is -0.0962. The van der Waals surface area contributed by atoms with E-state index in [1.54, 1.807) is 0 Å². The average Bonchev–Trinajstić information content (AvgIpc) is 2.36. The van der Waals surface area contributed by atoms with Gasteiger partial charge >= 0.3 is 0 Å². The number of hydrogen-bond donors (Lipinski definition) is 1. The third-order valence-corrected chi connectivity index (χ3v) is 3.97. The lowest BCUT2D eigenvalue weighted by molar-refractivity contribution is -0.143. The molecule has 0 radical (unpaired) electrons. The van der Waals surface area contributed by atoms with Gasteiger partial charge in [-0.05, 0) is 46.4 Å². The van der Waals surface area contributed by atoms with Gasteiger partial charge in [-0.25, -0.2) is 0 Å². The summed E-state index contributed by atoms with van der Waals surface area (Å²) in [6, 6.07) is 0. The molecule has 1 aliphatic rings. The van der Waals surface area contributed by atoms with E-state index < -0.39 is 0 Å². The van der Waals surface area contributed by atoms with Crippen molar-refractivity contribution < 1.29 is 4.79 Å². The molecule has 18 heavy (non-hydrogen) atoms. The Labute approximate surface area is 112 Å². The molecule has 0 saturated carbocycles. The van der Waals surface area contributed by atoms with Gasteiger partial charge in [0.15, 0.2) is 0 Å². The van der Waals surface area contributed by atoms with Crippen LogP contribution in [-0.4, -0.2) is 63.0 Å². The Hall–Kier alpha value is -0.610. The van der Waals surface area contributed by atoms with Crippen molar-refractivity contribution in [2.24, 2.45) is 5.41 Å². The van der Waals surface area contributed by atoms with E-state index in [2.05, 4.69) is 17.1 Å². The van der Waals surface area contributed by atoms with Gasteiger partial charge < -0.3 is 15.1 Å². The quantitative estimate of drug-likeness (QED) is 0.774. The summed E-state index contributed by atoms with van der Waals surface area (Å²) in [6.45, 7) is 5.89. The number of carbonyl (C=O) groups is 1. The molecule has 0 aromatic carbocycles. The maximum absolute atomic E-state index is 12.7. The van der Waals surface area contributed by atoms with Crippen LogP contribution in [-0.2, 0) is 4.79 Å². The number of likely N-dealkylation sites (N-methyl/N-ethyl adjacent to an activating group) is 2. The van der Waals surface area contributed by atoms with Crippen molar-refractivity contribution in [1.82, 2.24) is 15.1 Å². The highest BCUT2D eigenvalue weighted by Gasteiger charge is 2.40. The van der Waals surface area contributed by atoms with Crippen LogP contribution < -0.4 is 5.32 Å². The first-order valence-corrected chi connectivity index (χ1v) is 7.13. The van der Waals surface area contributed by atoms with Gasteiger partial charge in [0.25, 0.3) is 0 Å². The predicted octanol–water partition coefficient (Wildman–Crippen LogP) is 1.18. The summed E-state index contributed by atoms with van der Waals surface area (Å²) >= 11 is 0. The Morgan fingerprint density at radius 1 is 1.17 bits per heavy atom. The smallest absolute Gasteiger partial charge is 0.228 e. The Morgan fingerprint density at radius 3 is 2.28 bits per heavy atom. The van der Waals surface area contributed by atoms with Gasteiger partial charge in [0.1, 0.15) is 0 Å². The molecule has 0 unspecified atom stereocenters. The van der Waals surface area contributed by atoms with Crippen LogP contribution in [0.3, 0.4) is 0 Å². The highest BCUT2D eigenvalue weighted by atomic mass is 16.2. The summed E-state index contributed by atoms with van der Waals surface area (Å²) in [5.41, 5.74) is -0.0962. The predicted molar refractivity (Wildman–Crippen MR) is 75.6 cm³/mol. The Morgan fingerprint density at radius 2 is 1.78 bits per heavy atom. The topological polar surface area (TPSA) is 35.6 Å². The van der Waals surface area contributed by atoms with Gasteiger partial charge in [-0.1, -0.05) is 13.3 Å². The van der Waals surface area contributed by atoms with Crippen LogP contribution in [0, 0.1) is 5.41 Å². The number of nitrogens with zero attached hydrogens (tertiary/aromatic N) is 2. The zero-order valence-corrected chi connectivity index (χ0v) is 12.5. The number of nitrogens with one attached hydrogen (secondary N) is 1. The van der Waals surface area contributed by atoms with Crippen LogP contribution in [0.15, 0.2) is 0 Å². The summed E-state index contributed by atoms with van der Waals surface area (Å²) in [4.78, 5) is 16.8. The van der Waals surface area contributed by atoms with E-state index in [-0.39, 0.29) is 5.41 Å². The summed E-state index contributed by atoms with van der Waals surface area (Å²) < 4.78 is 0. The van der Waals surface area contributed by atoms with Gasteiger partial charge in [-0.2, -0.15) is 0 Å². The van der Waals surface area contributed by atoms with Crippen LogP contribution in [0.2, 0.25) is 0 Å². The molecule has 0 bridgehead atoms. The molecular weight excluding hydrogens is 226 g/mol. The van der Waals surface area contributed by atoms with Gasteiger partial charge in [0.05, 0.1) is 5.41 Å². The van der Waals surface area contributed by atoms with Crippen LogP contribution in [0.1, 0.15) is 32.6 Å². The summed E-state index contributed by atoms with van der Waals surface area (Å²) in [5.74, 6) is 0.354. The molecule has 0 aromatic heterocycles. The second-order valence-electron chi connectivity index (χ2n) is 5.81. The summed E-state index contributed by atoms with van der Waals surface area (Å²) in [5, 5.41) is 3.36. The number of hydrogen-bond acceptors (Lipinski definition) is 3. The molecule has 4 nitrogen and oxygen atoms in total. The van der Waals surface area contributed by atoms with Crippen LogP contribution >= 0.6 is 0 Å². The molecule has 0 spiro atoms. The van der Waals surface area contributed by atoms with Crippen LogP contribution in [0.4, 0.5) is 0 Å². The maximum atomic E-state index is 12.7. The molecule has 4 heteroatoms. The monoisotopic (exact) mass is 255 g/mol. The third-order valence-electron chi connectivity index (χ3n) is 3.97. The largest absolute Gasteiger partial charge is 0.344 e. The van der Waals surface area contributed by atoms with E-state index in [0.29, 0.717) is 5.91 Å². The first kappa shape index (κ1) is 15.4. The lowest BCUT2D eigenvalue weighted by Crippen LogP contribution is -2.49. The van der Waals surface area contributed by atoms with Crippen LogP contribution in [0.5, 0.6) is 0 Å². The van der Waals surface area contributed by atoms with E-state index in [9.17, 15) is 4.79 Å². The Balaban J connectivity index is 2.63. The van der Waals surface area contributed by atoms with Crippen LogP contribution in [0.25, 0.3) is 0 Å². The number of rotatable bonds is 6. The zero-order valence-electron chi connectivity index (χ0n) is 12.5. The average molecular weight is 255 g/mol. The Bertz CT molecular complexity index is 254. The summed E-state index contributed by atoms with van der Waals surface area (Å²) in [7, 11) is 6.04. The fraction of sp³-hybridized carbons (Fsp3) is 0.929. The second kappa shape index (κ2) is 7.10. The fourth-order valence-corrected chi connectivity index (χ4v) is 2.81. The number of amides is 1. The zero-order chi connectivity index (χ0) is 13.6. The molecule has 1 rings (SSSR count). The minimum absolute atomic E-state index is 0.0962. The lowest BCUT2D eigenvalue weighted by atomic mass is 9.74. The molecule has 106 valence electrons. The first-order chi connectivity index (χ1) is 8.52. The molecule has 1 heterocycles.